The largest absolute Gasteiger partial charge is 0.507 e. The predicted octanol–water partition coefficient (Wildman–Crippen LogP) is 3.12. The van der Waals surface area contributed by atoms with Crippen LogP contribution < -0.4 is 5.32 Å². The molecule has 1 aromatic rings. The number of carbonyl (C=O) groups excluding carboxylic acids is 1. The summed E-state index contributed by atoms with van der Waals surface area (Å²) in [5, 5.41) is 22.9. The van der Waals surface area contributed by atoms with Gasteiger partial charge in [-0.1, -0.05) is 53.7 Å². The Hall–Kier alpha value is -1.85. The molecule has 0 heterocycles. The number of aliphatic hydroxyl groups excluding tert-OH is 1. The fourth-order valence-corrected chi connectivity index (χ4v) is 2.67. The molecule has 0 aliphatic rings. The molecular formula is C21H33NO4. The number of aliphatic hydroxyl groups is 1. The topological polar surface area (TPSA) is 78.8 Å². The Kier molecular flexibility index (Phi) is 7.42. The summed E-state index contributed by atoms with van der Waals surface area (Å²) in [6.45, 7) is 12.5. The van der Waals surface area contributed by atoms with Crippen LogP contribution in [0.15, 0.2) is 18.2 Å². The van der Waals surface area contributed by atoms with Gasteiger partial charge in [0.1, 0.15) is 11.8 Å². The van der Waals surface area contributed by atoms with Gasteiger partial charge in [0.2, 0.25) is 0 Å². The van der Waals surface area contributed by atoms with Crippen molar-refractivity contribution in [2.75, 3.05) is 20.3 Å². The Morgan fingerprint density at radius 2 is 1.65 bits per heavy atom. The minimum atomic E-state index is -0.736. The first-order chi connectivity index (χ1) is 11.9. The zero-order valence-corrected chi connectivity index (χ0v) is 17.0. The molecule has 5 heteroatoms. The third-order valence-electron chi connectivity index (χ3n) is 4.21. The van der Waals surface area contributed by atoms with E-state index in [9.17, 15) is 15.0 Å². The van der Waals surface area contributed by atoms with E-state index in [1.807, 2.05) is 24.3 Å². The maximum absolute atomic E-state index is 11.5. The predicted molar refractivity (Wildman–Crippen MR) is 105 cm³/mol. The second-order valence-corrected chi connectivity index (χ2v) is 8.53. The molecule has 0 saturated carbocycles. The van der Waals surface area contributed by atoms with Crippen LogP contribution in [-0.4, -0.2) is 42.5 Å². The third kappa shape index (κ3) is 5.85. The first-order valence-electron chi connectivity index (χ1n) is 8.88. The van der Waals surface area contributed by atoms with Crippen molar-refractivity contribution in [1.82, 2.24) is 5.32 Å². The van der Waals surface area contributed by atoms with Crippen LogP contribution in [0.25, 0.3) is 6.08 Å². The molecule has 3 N–H and O–H groups in total. The van der Waals surface area contributed by atoms with E-state index < -0.39 is 12.0 Å². The Morgan fingerprint density at radius 1 is 1.15 bits per heavy atom. The quantitative estimate of drug-likeness (QED) is 0.677. The van der Waals surface area contributed by atoms with Gasteiger partial charge in [-0.15, -0.1) is 0 Å². The second kappa shape index (κ2) is 8.69. The van der Waals surface area contributed by atoms with Crippen molar-refractivity contribution in [2.45, 2.75) is 58.4 Å². The molecule has 1 aromatic carbocycles. The molecule has 146 valence electrons. The maximum atomic E-state index is 11.5. The van der Waals surface area contributed by atoms with Crippen LogP contribution in [0.5, 0.6) is 5.75 Å². The first-order valence-corrected chi connectivity index (χ1v) is 8.88. The van der Waals surface area contributed by atoms with E-state index in [0.717, 1.165) is 16.7 Å². The minimum Gasteiger partial charge on any atom is -0.507 e. The number of phenolic OH excluding ortho intramolecular Hbond substituents is 1. The number of methoxy groups -OCH3 is 1. The van der Waals surface area contributed by atoms with Crippen LogP contribution in [0.1, 0.15) is 58.2 Å². The standard InChI is InChI=1S/C21H33NO4/c1-20(2,3)15-11-14(12-16(18(15)24)21(4,5)6)9-8-10-22-17(13-23)19(25)26-7/h8-9,11-12,17,22-24H,10,13H2,1-7H3/b9-8+. The molecule has 0 bridgehead atoms. The van der Waals surface area contributed by atoms with Crippen LogP contribution in [0.4, 0.5) is 0 Å². The fraction of sp³-hybridized carbons (Fsp3) is 0.571. The SMILES string of the molecule is COC(=O)C(CO)NC/C=C/c1cc(C(C)(C)C)c(O)c(C(C)(C)C)c1. The molecule has 26 heavy (non-hydrogen) atoms. The monoisotopic (exact) mass is 363 g/mol. The molecule has 0 fully saturated rings. The van der Waals surface area contributed by atoms with Crippen molar-refractivity contribution in [3.8, 4) is 5.75 Å². The summed E-state index contributed by atoms with van der Waals surface area (Å²) < 4.78 is 4.62. The van der Waals surface area contributed by atoms with Gasteiger partial charge in [0.05, 0.1) is 13.7 Å². The number of hydrogen-bond acceptors (Lipinski definition) is 5. The van der Waals surface area contributed by atoms with Crippen molar-refractivity contribution < 1.29 is 19.7 Å². The summed E-state index contributed by atoms with van der Waals surface area (Å²) >= 11 is 0. The van der Waals surface area contributed by atoms with Crippen LogP contribution >= 0.6 is 0 Å². The van der Waals surface area contributed by atoms with Gasteiger partial charge in [0.25, 0.3) is 0 Å². The molecule has 1 rings (SSSR count). The number of esters is 1. The van der Waals surface area contributed by atoms with Gasteiger partial charge in [-0.05, 0) is 28.5 Å². The summed E-state index contributed by atoms with van der Waals surface area (Å²) in [5.41, 5.74) is 2.43. The molecule has 1 unspecified atom stereocenters. The molecule has 0 amide bonds. The second-order valence-electron chi connectivity index (χ2n) is 8.53. The highest BCUT2D eigenvalue weighted by atomic mass is 16.5. The number of benzene rings is 1. The van der Waals surface area contributed by atoms with Crippen molar-refractivity contribution in [2.24, 2.45) is 0 Å². The lowest BCUT2D eigenvalue weighted by atomic mass is 9.78. The lowest BCUT2D eigenvalue weighted by molar-refractivity contribution is -0.144. The molecule has 0 aromatic heterocycles. The molecule has 0 spiro atoms. The Morgan fingerprint density at radius 3 is 2.04 bits per heavy atom. The van der Waals surface area contributed by atoms with Crippen LogP contribution in [-0.2, 0) is 20.4 Å². The van der Waals surface area contributed by atoms with E-state index in [1.54, 1.807) is 0 Å². The van der Waals surface area contributed by atoms with E-state index in [4.69, 9.17) is 0 Å². The molecular weight excluding hydrogens is 330 g/mol. The van der Waals surface area contributed by atoms with Crippen LogP contribution in [0, 0.1) is 0 Å². The number of rotatable bonds is 6. The van der Waals surface area contributed by atoms with Crippen molar-refractivity contribution in [1.29, 1.82) is 0 Å². The van der Waals surface area contributed by atoms with Crippen molar-refractivity contribution >= 4 is 12.0 Å². The normalized spacial score (nSPS) is 13.8. The molecule has 0 radical (unpaired) electrons. The highest BCUT2D eigenvalue weighted by molar-refractivity contribution is 5.75. The van der Waals surface area contributed by atoms with E-state index in [0.29, 0.717) is 12.3 Å². The van der Waals surface area contributed by atoms with Crippen molar-refractivity contribution in [3.63, 3.8) is 0 Å². The third-order valence-corrected chi connectivity index (χ3v) is 4.21. The Bertz CT molecular complexity index is 616. The van der Waals surface area contributed by atoms with Gasteiger partial charge in [-0.2, -0.15) is 0 Å². The average molecular weight is 363 g/mol. The smallest absolute Gasteiger partial charge is 0.325 e. The van der Waals surface area contributed by atoms with E-state index >= 15 is 0 Å². The molecule has 5 nitrogen and oxygen atoms in total. The van der Waals surface area contributed by atoms with Gasteiger partial charge >= 0.3 is 5.97 Å². The summed E-state index contributed by atoms with van der Waals surface area (Å²) in [6.07, 6.45) is 3.83. The lowest BCUT2D eigenvalue weighted by Gasteiger charge is -2.27. The van der Waals surface area contributed by atoms with E-state index in [1.165, 1.54) is 7.11 Å². The summed E-state index contributed by atoms with van der Waals surface area (Å²) in [4.78, 5) is 11.5. The van der Waals surface area contributed by atoms with Gasteiger partial charge in [-0.25, -0.2) is 0 Å². The molecule has 0 saturated heterocycles. The maximum Gasteiger partial charge on any atom is 0.325 e. The Balaban J connectivity index is 3.08. The van der Waals surface area contributed by atoms with E-state index in [2.05, 4.69) is 51.6 Å². The van der Waals surface area contributed by atoms with Crippen LogP contribution in [0.2, 0.25) is 0 Å². The minimum absolute atomic E-state index is 0.181. The lowest BCUT2D eigenvalue weighted by Crippen LogP contribution is -2.40. The van der Waals surface area contributed by atoms with Gasteiger partial charge in [0.15, 0.2) is 0 Å². The van der Waals surface area contributed by atoms with Crippen LogP contribution in [0.3, 0.4) is 0 Å². The van der Waals surface area contributed by atoms with Crippen molar-refractivity contribution in [3.05, 3.63) is 34.9 Å². The number of phenols is 1. The number of aromatic hydroxyl groups is 1. The summed E-state index contributed by atoms with van der Waals surface area (Å²) in [6, 6.07) is 3.25. The fourth-order valence-electron chi connectivity index (χ4n) is 2.67. The van der Waals surface area contributed by atoms with Gasteiger partial charge in [0, 0.05) is 17.7 Å². The number of carbonyl (C=O) groups is 1. The number of nitrogens with one attached hydrogen (secondary N) is 1. The molecule has 0 aliphatic carbocycles. The highest BCUT2D eigenvalue weighted by Crippen LogP contribution is 2.39. The Labute approximate surface area is 157 Å². The zero-order valence-electron chi connectivity index (χ0n) is 17.0. The zero-order chi connectivity index (χ0) is 20.1. The summed E-state index contributed by atoms with van der Waals surface area (Å²) in [7, 11) is 1.29. The first kappa shape index (κ1) is 22.2. The average Bonchev–Trinajstić information content (AvgIpc) is 2.53. The molecule has 1 atom stereocenters. The van der Waals surface area contributed by atoms with Gasteiger partial charge in [-0.3, -0.25) is 10.1 Å². The van der Waals surface area contributed by atoms with E-state index in [-0.39, 0.29) is 17.4 Å². The highest BCUT2D eigenvalue weighted by Gasteiger charge is 2.26. The number of hydrogen-bond donors (Lipinski definition) is 3. The molecule has 0 aliphatic heterocycles. The van der Waals surface area contributed by atoms with Gasteiger partial charge < -0.3 is 14.9 Å². The number of ether oxygens (including phenoxy) is 1. The summed E-state index contributed by atoms with van der Waals surface area (Å²) in [5.74, 6) is -0.137.